The van der Waals surface area contributed by atoms with E-state index >= 15 is 0 Å². The average molecular weight is 503 g/mol. The third kappa shape index (κ3) is 4.21. The van der Waals surface area contributed by atoms with Crippen LogP contribution in [-0.2, 0) is 0 Å². The van der Waals surface area contributed by atoms with Crippen molar-refractivity contribution in [3.05, 3.63) is 46.4 Å². The fraction of sp³-hybridized carbons (Fsp3) is 0.263. The van der Waals surface area contributed by atoms with Gasteiger partial charge in [0.2, 0.25) is 0 Å². The molecule has 0 aliphatic carbocycles. The summed E-state index contributed by atoms with van der Waals surface area (Å²) in [7, 11) is 0. The van der Waals surface area contributed by atoms with Gasteiger partial charge in [0.05, 0.1) is 30.3 Å². The molecule has 1 aliphatic rings. The van der Waals surface area contributed by atoms with Gasteiger partial charge in [-0.1, -0.05) is 0 Å². The predicted molar refractivity (Wildman–Crippen MR) is 109 cm³/mol. The van der Waals surface area contributed by atoms with Crippen LogP contribution in [0.5, 0.6) is 11.8 Å². The van der Waals surface area contributed by atoms with E-state index < -0.39 is 11.5 Å². The summed E-state index contributed by atoms with van der Waals surface area (Å²) in [5.74, 6) is -0.557. The second kappa shape index (κ2) is 8.01. The van der Waals surface area contributed by atoms with Gasteiger partial charge in [-0.3, -0.25) is 9.36 Å². The van der Waals surface area contributed by atoms with Crippen LogP contribution in [-0.4, -0.2) is 39.3 Å². The van der Waals surface area contributed by atoms with Gasteiger partial charge in [0, 0.05) is 33.7 Å². The number of benzene rings is 2. The number of nitrogens with one attached hydrogen (secondary N) is 1. The fourth-order valence-electron chi connectivity index (χ4n) is 3.26. The van der Waals surface area contributed by atoms with Crippen LogP contribution in [0, 0.1) is 0 Å². The number of aliphatic hydroxyl groups excluding tert-OH is 1. The molecule has 0 unspecified atom stereocenters. The zero-order valence-corrected chi connectivity index (χ0v) is 17.6. The summed E-state index contributed by atoms with van der Waals surface area (Å²) in [6.45, 7) is 0.404. The Bertz CT molecular complexity index is 1100. The number of carbonyl (C=O) groups excluding carboxylic acids is 1. The summed E-state index contributed by atoms with van der Waals surface area (Å²) in [5, 5.41) is 12.3. The molecule has 0 radical (unpaired) electrons. The van der Waals surface area contributed by atoms with Gasteiger partial charge in [-0.2, -0.15) is 4.98 Å². The molecule has 2 heterocycles. The van der Waals surface area contributed by atoms with E-state index in [0.29, 0.717) is 40.3 Å². The van der Waals surface area contributed by atoms with E-state index in [1.165, 1.54) is 24.3 Å². The van der Waals surface area contributed by atoms with Gasteiger partial charge in [0.15, 0.2) is 0 Å². The summed E-state index contributed by atoms with van der Waals surface area (Å²) < 4.78 is 37.6. The average Bonchev–Trinajstić information content (AvgIpc) is 3.07. The Kier molecular flexibility index (Phi) is 5.56. The van der Waals surface area contributed by atoms with Crippen molar-refractivity contribution in [3.63, 3.8) is 0 Å². The molecule has 0 saturated heterocycles. The normalized spacial score (nSPS) is 16.1. The van der Waals surface area contributed by atoms with Crippen molar-refractivity contribution >= 4 is 50.2 Å². The molecule has 2 aromatic carbocycles. The first-order chi connectivity index (χ1) is 14.2. The van der Waals surface area contributed by atoms with Crippen LogP contribution < -0.4 is 14.8 Å². The molecular weight excluding hydrogens is 488 g/mol. The first kappa shape index (κ1) is 20.8. The Morgan fingerprint density at radius 1 is 1.40 bits per heavy atom. The zero-order valence-electron chi connectivity index (χ0n) is 15.2. The molecule has 3 aromatic rings. The van der Waals surface area contributed by atoms with Gasteiger partial charge in [0.1, 0.15) is 5.75 Å². The van der Waals surface area contributed by atoms with E-state index in [0.717, 1.165) is 5.52 Å². The summed E-state index contributed by atoms with van der Waals surface area (Å²) in [6, 6.07) is 8.85. The van der Waals surface area contributed by atoms with Gasteiger partial charge < -0.3 is 19.9 Å². The molecule has 2 N–H and O–H groups in total. The highest BCUT2D eigenvalue weighted by Gasteiger charge is 2.28. The third-order valence-corrected chi connectivity index (χ3v) is 5.25. The standard InChI is InChI=1S/C19H15BrClF2N3O4/c20-14-7-10(8-15-16(14)26-12(9-27)5-6-29-18(26)25-15)17(28)24-11-1-3-13(4-2-11)30-19(21,22)23/h1-4,7-8,12,27H,5-6,9H2,(H,24,28)/t12-/m0/s1. The number of nitrogens with zero attached hydrogens (tertiary/aromatic N) is 2. The number of anilines is 1. The number of aliphatic hydroxyl groups is 1. The number of alkyl halides is 3. The van der Waals surface area contributed by atoms with E-state index in [1.54, 1.807) is 12.1 Å². The van der Waals surface area contributed by atoms with Gasteiger partial charge in [-0.05, 0) is 52.3 Å². The summed E-state index contributed by atoms with van der Waals surface area (Å²) in [6.07, 6.45) is 0.652. The molecule has 0 saturated carbocycles. The Balaban J connectivity index is 1.58. The number of imidazole rings is 1. The molecule has 158 valence electrons. The quantitative estimate of drug-likeness (QED) is 0.501. The molecule has 1 atom stereocenters. The molecule has 1 aliphatic heterocycles. The Morgan fingerprint density at radius 3 is 2.80 bits per heavy atom. The number of hydrogen-bond donors (Lipinski definition) is 2. The second-order valence-corrected chi connectivity index (χ2v) is 7.88. The van der Waals surface area contributed by atoms with Crippen molar-refractivity contribution in [1.29, 1.82) is 0 Å². The lowest BCUT2D eigenvalue weighted by Gasteiger charge is -2.24. The molecule has 0 bridgehead atoms. The van der Waals surface area contributed by atoms with E-state index in [9.17, 15) is 18.7 Å². The number of aromatic nitrogens is 2. The van der Waals surface area contributed by atoms with Crippen LogP contribution in [0.25, 0.3) is 11.0 Å². The molecule has 11 heteroatoms. The number of ether oxygens (including phenoxy) is 2. The number of carbonyl (C=O) groups is 1. The molecule has 1 amide bonds. The van der Waals surface area contributed by atoms with E-state index in [2.05, 4.69) is 31.0 Å². The predicted octanol–water partition coefficient (Wildman–Crippen LogP) is 4.53. The van der Waals surface area contributed by atoms with Crippen molar-refractivity contribution in [2.75, 3.05) is 18.5 Å². The molecule has 0 fully saturated rings. The number of amides is 1. The molecular formula is C19H15BrClF2N3O4. The second-order valence-electron chi connectivity index (χ2n) is 6.59. The molecule has 1 aromatic heterocycles. The highest BCUT2D eigenvalue weighted by Crippen LogP contribution is 2.36. The minimum Gasteiger partial charge on any atom is -0.465 e. The van der Waals surface area contributed by atoms with Crippen molar-refractivity contribution in [2.45, 2.75) is 18.0 Å². The highest BCUT2D eigenvalue weighted by molar-refractivity contribution is 9.10. The van der Waals surface area contributed by atoms with E-state index in [1.807, 2.05) is 4.57 Å². The minimum absolute atomic E-state index is 0.0497. The van der Waals surface area contributed by atoms with Gasteiger partial charge in [0.25, 0.3) is 11.9 Å². The maximum atomic E-state index is 12.7. The zero-order chi connectivity index (χ0) is 21.5. The largest absolute Gasteiger partial charge is 0.487 e. The lowest BCUT2D eigenvalue weighted by Crippen LogP contribution is -2.23. The maximum Gasteiger partial charge on any atom is 0.487 e. The fourth-order valence-corrected chi connectivity index (χ4v) is 3.99. The van der Waals surface area contributed by atoms with Crippen molar-refractivity contribution in [3.8, 4) is 11.8 Å². The number of rotatable bonds is 5. The first-order valence-corrected chi connectivity index (χ1v) is 10.0. The van der Waals surface area contributed by atoms with Gasteiger partial charge in [-0.15, -0.1) is 8.78 Å². The molecule has 4 rings (SSSR count). The highest BCUT2D eigenvalue weighted by atomic mass is 79.9. The summed E-state index contributed by atoms with van der Waals surface area (Å²) in [4.78, 5) is 17.1. The SMILES string of the molecule is O=C(Nc1ccc(OC(F)(F)Cl)cc1)c1cc(Br)c2c(c1)nc1n2[C@H](CO)CCO1. The number of fused-ring (bicyclic) bond motifs is 3. The lowest BCUT2D eigenvalue weighted by molar-refractivity contribution is -0.0964. The van der Waals surface area contributed by atoms with Crippen LogP contribution in [0.4, 0.5) is 14.5 Å². The molecule has 0 spiro atoms. The Labute approximate surface area is 182 Å². The summed E-state index contributed by atoms with van der Waals surface area (Å²) in [5.41, 5.74) is -1.83. The van der Waals surface area contributed by atoms with Crippen LogP contribution in [0.3, 0.4) is 0 Å². The van der Waals surface area contributed by atoms with Crippen LogP contribution in [0.15, 0.2) is 40.9 Å². The number of hydrogen-bond acceptors (Lipinski definition) is 5. The minimum atomic E-state index is -3.81. The molecule has 30 heavy (non-hydrogen) atoms. The van der Waals surface area contributed by atoms with E-state index in [-0.39, 0.29) is 18.4 Å². The van der Waals surface area contributed by atoms with E-state index in [4.69, 9.17) is 16.3 Å². The van der Waals surface area contributed by atoms with Gasteiger partial charge in [-0.25, -0.2) is 0 Å². The monoisotopic (exact) mass is 501 g/mol. The topological polar surface area (TPSA) is 85.6 Å². The van der Waals surface area contributed by atoms with Crippen molar-refractivity contribution in [1.82, 2.24) is 9.55 Å². The third-order valence-electron chi connectivity index (χ3n) is 4.57. The van der Waals surface area contributed by atoms with Crippen LogP contribution in [0.1, 0.15) is 22.8 Å². The van der Waals surface area contributed by atoms with Crippen molar-refractivity contribution in [2.24, 2.45) is 0 Å². The smallest absolute Gasteiger partial charge is 0.465 e. The van der Waals surface area contributed by atoms with Gasteiger partial charge >= 0.3 is 5.57 Å². The lowest BCUT2D eigenvalue weighted by atomic mass is 10.1. The number of halogens is 4. The summed E-state index contributed by atoms with van der Waals surface area (Å²) >= 11 is 8.21. The Morgan fingerprint density at radius 2 is 2.13 bits per heavy atom. The van der Waals surface area contributed by atoms with Crippen LogP contribution >= 0.6 is 27.5 Å². The molecule has 7 nitrogen and oxygen atoms in total. The first-order valence-electron chi connectivity index (χ1n) is 8.87. The van der Waals surface area contributed by atoms with Crippen molar-refractivity contribution < 1.29 is 28.2 Å². The van der Waals surface area contributed by atoms with Crippen LogP contribution in [0.2, 0.25) is 0 Å². The Hall–Kier alpha value is -2.43. The maximum absolute atomic E-state index is 12.7.